The molecule has 148 valence electrons. The summed E-state index contributed by atoms with van der Waals surface area (Å²) in [5, 5.41) is 2.75. The van der Waals surface area contributed by atoms with Crippen LogP contribution in [0.2, 0.25) is 0 Å². The van der Waals surface area contributed by atoms with E-state index in [1.807, 2.05) is 20.8 Å². The summed E-state index contributed by atoms with van der Waals surface area (Å²) in [5.74, 6) is 0.0311. The molecule has 0 saturated heterocycles. The molecule has 26 heavy (non-hydrogen) atoms. The molecular formula is C18H31N3O5. The van der Waals surface area contributed by atoms with E-state index < -0.39 is 5.41 Å². The molecule has 1 rings (SSSR count). The molecule has 1 N–H and O–H groups in total. The van der Waals surface area contributed by atoms with Gasteiger partial charge in [0, 0.05) is 45.9 Å². The number of carbonyl (C=O) groups is 2. The Hall–Kier alpha value is -1.93. The molecule has 8 nitrogen and oxygen atoms in total. The van der Waals surface area contributed by atoms with E-state index in [0.717, 1.165) is 6.42 Å². The molecule has 0 bridgehead atoms. The van der Waals surface area contributed by atoms with Crippen LogP contribution in [0.15, 0.2) is 10.7 Å². The van der Waals surface area contributed by atoms with Crippen molar-refractivity contribution in [2.75, 3.05) is 40.5 Å². The third-order valence-corrected chi connectivity index (χ3v) is 3.63. The number of nitrogens with zero attached hydrogens (tertiary/aromatic N) is 2. The van der Waals surface area contributed by atoms with E-state index in [0.29, 0.717) is 38.6 Å². The van der Waals surface area contributed by atoms with Crippen LogP contribution in [0.5, 0.6) is 0 Å². The highest BCUT2D eigenvalue weighted by molar-refractivity contribution is 5.91. The van der Waals surface area contributed by atoms with Crippen LogP contribution >= 0.6 is 0 Å². The van der Waals surface area contributed by atoms with E-state index in [1.165, 1.54) is 6.26 Å². The van der Waals surface area contributed by atoms with Crippen LogP contribution in [0.1, 0.15) is 50.0 Å². The van der Waals surface area contributed by atoms with Crippen molar-refractivity contribution in [3.05, 3.63) is 17.8 Å². The van der Waals surface area contributed by atoms with E-state index in [9.17, 15) is 9.59 Å². The molecule has 0 aliphatic rings. The highest BCUT2D eigenvalue weighted by Gasteiger charge is 2.28. The lowest BCUT2D eigenvalue weighted by atomic mass is 9.94. The summed E-state index contributed by atoms with van der Waals surface area (Å²) < 4.78 is 15.4. The topological polar surface area (TPSA) is 93.9 Å². The van der Waals surface area contributed by atoms with E-state index in [-0.39, 0.29) is 24.1 Å². The molecule has 0 atom stereocenters. The van der Waals surface area contributed by atoms with E-state index in [4.69, 9.17) is 13.9 Å². The normalized spacial score (nSPS) is 11.4. The van der Waals surface area contributed by atoms with Crippen LogP contribution in [0.25, 0.3) is 0 Å². The fourth-order valence-electron chi connectivity index (χ4n) is 2.29. The maximum atomic E-state index is 12.6. The number of methoxy groups -OCH3 is 2. The third-order valence-electron chi connectivity index (χ3n) is 3.63. The smallest absolute Gasteiger partial charge is 0.273 e. The van der Waals surface area contributed by atoms with Crippen LogP contribution in [-0.2, 0) is 20.8 Å². The summed E-state index contributed by atoms with van der Waals surface area (Å²) in [4.78, 5) is 30.6. The Labute approximate surface area is 155 Å². The second-order valence-corrected chi connectivity index (χ2v) is 7.05. The quantitative estimate of drug-likeness (QED) is 0.598. The lowest BCUT2D eigenvalue weighted by molar-refractivity contribution is -0.140. The van der Waals surface area contributed by atoms with Gasteiger partial charge in [-0.05, 0) is 12.8 Å². The molecule has 0 radical (unpaired) electrons. The number of hydrogen-bond acceptors (Lipinski definition) is 6. The summed E-state index contributed by atoms with van der Waals surface area (Å²) in [5.41, 5.74) is -0.307. The second-order valence-electron chi connectivity index (χ2n) is 7.05. The van der Waals surface area contributed by atoms with E-state index >= 15 is 0 Å². The van der Waals surface area contributed by atoms with E-state index in [1.54, 1.807) is 19.1 Å². The predicted octanol–water partition coefficient (Wildman–Crippen LogP) is 1.85. The van der Waals surface area contributed by atoms with Crippen molar-refractivity contribution in [1.82, 2.24) is 15.2 Å². The number of aromatic nitrogens is 1. The molecule has 0 aliphatic carbocycles. The predicted molar refractivity (Wildman–Crippen MR) is 96.7 cm³/mol. The Balaban J connectivity index is 2.68. The Bertz CT molecular complexity index is 565. The number of carbonyl (C=O) groups excluding carboxylic acids is 2. The molecular weight excluding hydrogens is 338 g/mol. The van der Waals surface area contributed by atoms with Crippen LogP contribution in [0.3, 0.4) is 0 Å². The molecule has 0 spiro atoms. The summed E-state index contributed by atoms with van der Waals surface area (Å²) in [6.45, 7) is 8.00. The highest BCUT2D eigenvalue weighted by atomic mass is 16.5. The summed E-state index contributed by atoms with van der Waals surface area (Å²) >= 11 is 0. The Morgan fingerprint density at radius 1 is 1.19 bits per heavy atom. The zero-order valence-corrected chi connectivity index (χ0v) is 16.5. The number of oxazole rings is 1. The monoisotopic (exact) mass is 369 g/mol. The van der Waals surface area contributed by atoms with Gasteiger partial charge in [0.05, 0.1) is 6.54 Å². The first-order valence-electron chi connectivity index (χ1n) is 8.79. The van der Waals surface area contributed by atoms with Gasteiger partial charge in [0.25, 0.3) is 5.91 Å². The van der Waals surface area contributed by atoms with Crippen molar-refractivity contribution in [2.45, 2.75) is 40.2 Å². The first-order valence-corrected chi connectivity index (χ1v) is 8.79. The second kappa shape index (κ2) is 10.9. The van der Waals surface area contributed by atoms with Gasteiger partial charge in [-0.1, -0.05) is 20.8 Å². The summed E-state index contributed by atoms with van der Waals surface area (Å²) in [6.07, 6.45) is 2.75. The first kappa shape index (κ1) is 22.1. The zero-order chi connectivity index (χ0) is 19.6. The minimum Gasteiger partial charge on any atom is -0.446 e. The zero-order valence-electron chi connectivity index (χ0n) is 16.5. The van der Waals surface area contributed by atoms with Gasteiger partial charge < -0.3 is 24.1 Å². The van der Waals surface area contributed by atoms with Gasteiger partial charge in [-0.25, -0.2) is 4.98 Å². The Kier molecular flexibility index (Phi) is 9.29. The molecule has 0 unspecified atom stereocenters. The van der Waals surface area contributed by atoms with Crippen molar-refractivity contribution in [2.24, 2.45) is 5.41 Å². The van der Waals surface area contributed by atoms with E-state index in [2.05, 4.69) is 10.3 Å². The molecule has 0 aliphatic heterocycles. The summed E-state index contributed by atoms with van der Waals surface area (Å²) in [6, 6.07) is 0. The Morgan fingerprint density at radius 2 is 1.85 bits per heavy atom. The molecule has 8 heteroatoms. The minimum atomic E-state index is -0.513. The fraction of sp³-hybridized carbons (Fsp3) is 0.722. The maximum absolute atomic E-state index is 12.6. The number of ether oxygens (including phenoxy) is 2. The lowest BCUT2D eigenvalue weighted by Crippen LogP contribution is -2.40. The van der Waals surface area contributed by atoms with Crippen LogP contribution < -0.4 is 5.32 Å². The average Bonchev–Trinajstić information content (AvgIpc) is 3.05. The standard InChI is InChI=1S/C18H31N3O5/c1-18(2,3)17(23)21(9-7-11-25-5)12-15-20-14(13-26-15)16(22)19-8-6-10-24-4/h13H,6-12H2,1-5H3,(H,19,22). The minimum absolute atomic E-state index is 0.00243. The highest BCUT2D eigenvalue weighted by Crippen LogP contribution is 2.19. The van der Waals surface area contributed by atoms with Gasteiger partial charge in [-0.15, -0.1) is 0 Å². The molecule has 0 saturated carbocycles. The Morgan fingerprint density at radius 3 is 2.46 bits per heavy atom. The molecule has 0 aromatic carbocycles. The SMILES string of the molecule is COCCCNC(=O)c1coc(CN(CCCOC)C(=O)C(C)(C)C)n1. The van der Waals surface area contributed by atoms with Crippen molar-refractivity contribution in [1.29, 1.82) is 0 Å². The van der Waals surface area contributed by atoms with Crippen molar-refractivity contribution in [3.63, 3.8) is 0 Å². The molecule has 2 amide bonds. The van der Waals surface area contributed by atoms with Gasteiger partial charge >= 0.3 is 0 Å². The van der Waals surface area contributed by atoms with Gasteiger partial charge in [-0.2, -0.15) is 0 Å². The first-order chi connectivity index (χ1) is 12.3. The number of rotatable bonds is 11. The molecule has 1 aromatic rings. The molecule has 1 aromatic heterocycles. The van der Waals surface area contributed by atoms with Gasteiger partial charge in [-0.3, -0.25) is 9.59 Å². The van der Waals surface area contributed by atoms with Crippen molar-refractivity contribution in [3.8, 4) is 0 Å². The van der Waals surface area contributed by atoms with Gasteiger partial charge in [0.2, 0.25) is 11.8 Å². The molecule has 0 fully saturated rings. The summed E-state index contributed by atoms with van der Waals surface area (Å²) in [7, 11) is 3.24. The van der Waals surface area contributed by atoms with Gasteiger partial charge in [0.1, 0.15) is 6.26 Å². The lowest BCUT2D eigenvalue weighted by Gasteiger charge is -2.28. The fourth-order valence-corrected chi connectivity index (χ4v) is 2.29. The van der Waals surface area contributed by atoms with Crippen LogP contribution in [-0.4, -0.2) is 62.2 Å². The molecule has 1 heterocycles. The van der Waals surface area contributed by atoms with Crippen LogP contribution in [0.4, 0.5) is 0 Å². The van der Waals surface area contributed by atoms with Gasteiger partial charge in [0.15, 0.2) is 5.69 Å². The number of nitrogens with one attached hydrogen (secondary N) is 1. The van der Waals surface area contributed by atoms with Crippen molar-refractivity contribution >= 4 is 11.8 Å². The largest absolute Gasteiger partial charge is 0.446 e. The average molecular weight is 369 g/mol. The maximum Gasteiger partial charge on any atom is 0.273 e. The number of hydrogen-bond donors (Lipinski definition) is 1. The number of amides is 2. The van der Waals surface area contributed by atoms with Crippen LogP contribution in [0, 0.1) is 5.41 Å². The van der Waals surface area contributed by atoms with Crippen molar-refractivity contribution < 1.29 is 23.5 Å². The third kappa shape index (κ3) is 7.53.